The van der Waals surface area contributed by atoms with Crippen LogP contribution in [0.15, 0.2) is 36.4 Å². The lowest BCUT2D eigenvalue weighted by atomic mass is 9.82. The third kappa shape index (κ3) is 4.73. The molecule has 0 bridgehead atoms. The van der Waals surface area contributed by atoms with Gasteiger partial charge in [0.05, 0.1) is 12.0 Å². The van der Waals surface area contributed by atoms with Gasteiger partial charge in [-0.15, -0.1) is 0 Å². The number of hydrogen-bond acceptors (Lipinski definition) is 3. The third-order valence-electron chi connectivity index (χ3n) is 4.23. The van der Waals surface area contributed by atoms with Crippen LogP contribution in [-0.2, 0) is 11.2 Å². The number of carbonyl (C=O) groups is 1. The summed E-state index contributed by atoms with van der Waals surface area (Å²) in [6, 6.07) is 9.83. The summed E-state index contributed by atoms with van der Waals surface area (Å²) in [7, 11) is 0. The van der Waals surface area contributed by atoms with Crippen molar-refractivity contribution in [1.29, 1.82) is 5.26 Å². The van der Waals surface area contributed by atoms with Crippen LogP contribution in [0.25, 0.3) is 0 Å². The van der Waals surface area contributed by atoms with Gasteiger partial charge < -0.3 is 4.74 Å². The second-order valence-electron chi connectivity index (χ2n) is 5.91. The number of nitriles is 1. The lowest BCUT2D eigenvalue weighted by molar-refractivity contribution is -0.140. The van der Waals surface area contributed by atoms with Gasteiger partial charge in [-0.2, -0.15) is 5.26 Å². The molecule has 0 radical (unpaired) electrons. The molecule has 1 aromatic carbocycles. The number of benzene rings is 1. The fourth-order valence-corrected chi connectivity index (χ4v) is 2.94. The third-order valence-corrected chi connectivity index (χ3v) is 4.23. The molecule has 3 nitrogen and oxygen atoms in total. The Bertz CT molecular complexity index is 546. The smallest absolute Gasteiger partial charge is 0.314 e. The minimum Gasteiger partial charge on any atom is -0.426 e. The topological polar surface area (TPSA) is 50.1 Å². The first-order valence-corrected chi connectivity index (χ1v) is 8.10. The Kier molecular flexibility index (Phi) is 6.21. The highest BCUT2D eigenvalue weighted by Gasteiger charge is 2.26. The predicted molar refractivity (Wildman–Crippen MR) is 86.3 cm³/mol. The highest BCUT2D eigenvalue weighted by atomic mass is 16.5. The number of rotatable bonds is 5. The van der Waals surface area contributed by atoms with Crippen molar-refractivity contribution < 1.29 is 9.53 Å². The molecule has 0 heterocycles. The van der Waals surface area contributed by atoms with Crippen molar-refractivity contribution in [2.24, 2.45) is 11.8 Å². The van der Waals surface area contributed by atoms with E-state index >= 15 is 0 Å². The first kappa shape index (κ1) is 16.3. The molecule has 0 aliphatic heterocycles. The second-order valence-corrected chi connectivity index (χ2v) is 5.91. The normalized spacial score (nSPS) is 21.5. The van der Waals surface area contributed by atoms with E-state index in [4.69, 9.17) is 10.00 Å². The van der Waals surface area contributed by atoms with Gasteiger partial charge in [0.25, 0.3) is 0 Å². The Morgan fingerprint density at radius 1 is 1.27 bits per heavy atom. The van der Waals surface area contributed by atoms with E-state index in [2.05, 4.69) is 6.92 Å². The maximum Gasteiger partial charge on any atom is 0.314 e. The Morgan fingerprint density at radius 3 is 2.55 bits per heavy atom. The molecule has 1 fully saturated rings. The fourth-order valence-electron chi connectivity index (χ4n) is 2.94. The molecule has 0 atom stereocenters. The zero-order valence-electron chi connectivity index (χ0n) is 13.1. The van der Waals surface area contributed by atoms with E-state index in [0.717, 1.165) is 38.5 Å². The zero-order valence-corrected chi connectivity index (χ0v) is 13.1. The molecule has 0 unspecified atom stereocenters. The van der Waals surface area contributed by atoms with E-state index in [1.54, 1.807) is 6.08 Å². The van der Waals surface area contributed by atoms with Gasteiger partial charge in [0, 0.05) is 6.08 Å². The van der Waals surface area contributed by atoms with Gasteiger partial charge in [-0.25, -0.2) is 0 Å². The molecule has 1 aliphatic carbocycles. The molecular weight excluding hydrogens is 274 g/mol. The van der Waals surface area contributed by atoms with E-state index in [1.165, 1.54) is 5.56 Å². The number of esters is 1. The van der Waals surface area contributed by atoms with E-state index in [1.807, 2.05) is 36.4 Å². The molecule has 2 rings (SSSR count). The Labute approximate surface area is 132 Å². The Morgan fingerprint density at radius 2 is 1.95 bits per heavy atom. The maximum absolute atomic E-state index is 12.2. The van der Waals surface area contributed by atoms with Crippen LogP contribution in [0.2, 0.25) is 0 Å². The molecule has 1 aromatic rings. The number of nitrogens with zero attached hydrogens (tertiary/aromatic N) is 1. The monoisotopic (exact) mass is 297 g/mol. The van der Waals surface area contributed by atoms with Crippen LogP contribution in [0.1, 0.15) is 44.6 Å². The molecule has 1 aliphatic rings. The van der Waals surface area contributed by atoms with E-state index < -0.39 is 0 Å². The minimum absolute atomic E-state index is 0.0120. The van der Waals surface area contributed by atoms with Crippen LogP contribution in [-0.4, -0.2) is 5.97 Å². The van der Waals surface area contributed by atoms with Crippen molar-refractivity contribution in [3.05, 3.63) is 42.0 Å². The van der Waals surface area contributed by atoms with Crippen LogP contribution < -0.4 is 4.74 Å². The standard InChI is InChI=1S/C19H23NO2/c1-2-4-15-8-12-18(13-9-15)22-19(21)17-10-6-16(7-11-17)5-3-14-20/h3,5,8-9,12-13,16-17H,2,4,6-7,10-11H2,1H3/t16-,17-. The molecule has 0 saturated heterocycles. The van der Waals surface area contributed by atoms with E-state index in [-0.39, 0.29) is 11.9 Å². The van der Waals surface area contributed by atoms with Crippen molar-refractivity contribution in [3.8, 4) is 11.8 Å². The lowest BCUT2D eigenvalue weighted by Gasteiger charge is -2.25. The quantitative estimate of drug-likeness (QED) is 0.459. The number of aryl methyl sites for hydroxylation is 1. The molecular formula is C19H23NO2. The first-order valence-electron chi connectivity index (χ1n) is 8.10. The summed E-state index contributed by atoms with van der Waals surface area (Å²) in [5.74, 6) is 0.932. The van der Waals surface area contributed by atoms with E-state index in [9.17, 15) is 4.79 Å². The van der Waals surface area contributed by atoms with Crippen LogP contribution >= 0.6 is 0 Å². The van der Waals surface area contributed by atoms with Crippen molar-refractivity contribution in [2.45, 2.75) is 45.4 Å². The molecule has 0 aromatic heterocycles. The van der Waals surface area contributed by atoms with Gasteiger partial charge in [-0.1, -0.05) is 31.6 Å². The summed E-state index contributed by atoms with van der Waals surface area (Å²) < 4.78 is 5.49. The Balaban J connectivity index is 1.83. The molecule has 0 spiro atoms. The van der Waals surface area contributed by atoms with Gasteiger partial charge in [0.2, 0.25) is 0 Å². The van der Waals surface area contributed by atoms with Crippen LogP contribution in [0, 0.1) is 23.2 Å². The largest absolute Gasteiger partial charge is 0.426 e. The van der Waals surface area contributed by atoms with Crippen molar-refractivity contribution in [1.82, 2.24) is 0 Å². The highest BCUT2D eigenvalue weighted by Crippen LogP contribution is 2.30. The number of ether oxygens (including phenoxy) is 1. The fraction of sp³-hybridized carbons (Fsp3) is 0.474. The first-order chi connectivity index (χ1) is 10.7. The maximum atomic E-state index is 12.2. The number of allylic oxidation sites excluding steroid dienone is 2. The van der Waals surface area contributed by atoms with Crippen LogP contribution in [0.4, 0.5) is 0 Å². The summed E-state index contributed by atoms with van der Waals surface area (Å²) in [6.45, 7) is 2.15. The number of carbonyl (C=O) groups excluding carboxylic acids is 1. The minimum atomic E-state index is -0.119. The summed E-state index contributed by atoms with van der Waals surface area (Å²) >= 11 is 0. The summed E-state index contributed by atoms with van der Waals surface area (Å²) in [5.41, 5.74) is 1.27. The van der Waals surface area contributed by atoms with E-state index in [0.29, 0.717) is 11.7 Å². The second kappa shape index (κ2) is 8.38. The van der Waals surface area contributed by atoms with Gasteiger partial charge in [0.15, 0.2) is 0 Å². The average molecular weight is 297 g/mol. The molecule has 3 heteroatoms. The highest BCUT2D eigenvalue weighted by molar-refractivity contribution is 5.75. The predicted octanol–water partition coefficient (Wildman–Crippen LogP) is 4.43. The molecule has 22 heavy (non-hydrogen) atoms. The van der Waals surface area contributed by atoms with Gasteiger partial charge in [0.1, 0.15) is 5.75 Å². The van der Waals surface area contributed by atoms with Gasteiger partial charge in [-0.05, 0) is 55.7 Å². The molecule has 0 N–H and O–H groups in total. The van der Waals surface area contributed by atoms with Crippen molar-refractivity contribution in [3.63, 3.8) is 0 Å². The van der Waals surface area contributed by atoms with Crippen molar-refractivity contribution >= 4 is 5.97 Å². The SMILES string of the molecule is CCCc1ccc(OC(=O)[C@H]2CC[C@H](C=CC#N)CC2)cc1. The summed E-state index contributed by atoms with van der Waals surface area (Å²) in [5, 5.41) is 8.54. The molecule has 116 valence electrons. The van der Waals surface area contributed by atoms with Crippen LogP contribution in [0.5, 0.6) is 5.75 Å². The summed E-state index contributed by atoms with van der Waals surface area (Å²) in [6.07, 6.45) is 9.24. The Hall–Kier alpha value is -2.08. The molecule has 0 amide bonds. The lowest BCUT2D eigenvalue weighted by Crippen LogP contribution is -2.25. The average Bonchev–Trinajstić information content (AvgIpc) is 2.55. The zero-order chi connectivity index (χ0) is 15.8. The van der Waals surface area contributed by atoms with Crippen LogP contribution in [0.3, 0.4) is 0 Å². The number of hydrogen-bond donors (Lipinski definition) is 0. The summed E-state index contributed by atoms with van der Waals surface area (Å²) in [4.78, 5) is 12.2. The van der Waals surface area contributed by atoms with Gasteiger partial charge in [-0.3, -0.25) is 4.79 Å². The molecule has 1 saturated carbocycles. The van der Waals surface area contributed by atoms with Crippen molar-refractivity contribution in [2.75, 3.05) is 0 Å². The van der Waals surface area contributed by atoms with Gasteiger partial charge >= 0.3 is 5.97 Å².